The average Bonchev–Trinajstić information content (AvgIpc) is 2.85. The Morgan fingerprint density at radius 2 is 1.73 bits per heavy atom. The molecule has 0 aliphatic carbocycles. The Morgan fingerprint density at radius 1 is 1.03 bits per heavy atom. The summed E-state index contributed by atoms with van der Waals surface area (Å²) in [6, 6.07) is 12.7. The molecule has 12 heteroatoms. The van der Waals surface area contributed by atoms with Gasteiger partial charge in [0.2, 0.25) is 0 Å². The normalized spacial score (nSPS) is 13.5. The fourth-order valence-corrected chi connectivity index (χ4v) is 3.27. The summed E-state index contributed by atoms with van der Waals surface area (Å²) >= 11 is 0. The number of anilines is 1. The number of halogens is 3. The molecule has 0 aromatic heterocycles. The molecule has 1 saturated heterocycles. The SMILES string of the molecule is COc1cc(/C=C/C(=O)c2cccc(N3CCNCC3)c2)ccc1OCC(=O)O.O=C(O)CC(F)(F)F. The Morgan fingerprint density at radius 3 is 2.30 bits per heavy atom. The van der Waals surface area contributed by atoms with Gasteiger partial charge in [-0.3, -0.25) is 9.59 Å². The zero-order valence-corrected chi connectivity index (χ0v) is 20.0. The first kappa shape index (κ1) is 29.2. The predicted octanol–water partition coefficient (Wildman–Crippen LogP) is 3.49. The lowest BCUT2D eigenvalue weighted by Crippen LogP contribution is -2.43. The molecule has 9 nitrogen and oxygen atoms in total. The molecule has 0 spiro atoms. The van der Waals surface area contributed by atoms with Crippen molar-refractivity contribution in [2.45, 2.75) is 12.6 Å². The molecule has 1 heterocycles. The first-order chi connectivity index (χ1) is 17.5. The number of nitrogens with one attached hydrogen (secondary N) is 1. The largest absolute Gasteiger partial charge is 0.493 e. The van der Waals surface area contributed by atoms with E-state index >= 15 is 0 Å². The summed E-state index contributed by atoms with van der Waals surface area (Å²) in [5.74, 6) is -2.27. The number of rotatable bonds is 9. The quantitative estimate of drug-likeness (QED) is 0.334. The molecule has 37 heavy (non-hydrogen) atoms. The molecule has 1 fully saturated rings. The number of alkyl halides is 3. The van der Waals surface area contributed by atoms with Crippen LogP contribution in [0.2, 0.25) is 0 Å². The minimum atomic E-state index is -4.58. The molecule has 1 aliphatic heterocycles. The highest BCUT2D eigenvalue weighted by molar-refractivity contribution is 6.07. The fourth-order valence-electron chi connectivity index (χ4n) is 3.27. The summed E-state index contributed by atoms with van der Waals surface area (Å²) in [5.41, 5.74) is 2.43. The van der Waals surface area contributed by atoms with E-state index in [0.717, 1.165) is 37.4 Å². The maximum absolute atomic E-state index is 12.6. The lowest BCUT2D eigenvalue weighted by molar-refractivity contribution is -0.166. The van der Waals surface area contributed by atoms with E-state index in [1.165, 1.54) is 13.2 Å². The van der Waals surface area contributed by atoms with Crippen molar-refractivity contribution in [2.24, 2.45) is 0 Å². The third-order valence-corrected chi connectivity index (χ3v) is 4.93. The van der Waals surface area contributed by atoms with Crippen molar-refractivity contribution in [3.05, 3.63) is 59.7 Å². The van der Waals surface area contributed by atoms with Crippen molar-refractivity contribution >= 4 is 29.5 Å². The zero-order chi connectivity index (χ0) is 27.4. The summed E-state index contributed by atoms with van der Waals surface area (Å²) in [4.78, 5) is 34.8. The number of carboxylic acids is 2. The van der Waals surface area contributed by atoms with Crippen LogP contribution in [0.25, 0.3) is 6.08 Å². The third kappa shape index (κ3) is 10.6. The molecule has 3 N–H and O–H groups in total. The van der Waals surface area contributed by atoms with Gasteiger partial charge < -0.3 is 29.9 Å². The molecule has 0 bridgehead atoms. The summed E-state index contributed by atoms with van der Waals surface area (Å²) in [7, 11) is 1.48. The number of nitrogens with zero attached hydrogens (tertiary/aromatic N) is 1. The topological polar surface area (TPSA) is 125 Å². The maximum Gasteiger partial charge on any atom is 0.399 e. The minimum Gasteiger partial charge on any atom is -0.493 e. The molecular formula is C25H27F3N2O7. The van der Waals surface area contributed by atoms with Crippen molar-refractivity contribution in [1.29, 1.82) is 0 Å². The molecule has 2 aromatic carbocycles. The van der Waals surface area contributed by atoms with Gasteiger partial charge >= 0.3 is 18.1 Å². The molecule has 200 valence electrons. The van der Waals surface area contributed by atoms with Gasteiger partial charge in [0.15, 0.2) is 23.9 Å². The van der Waals surface area contributed by atoms with Crippen molar-refractivity contribution in [3.8, 4) is 11.5 Å². The summed E-state index contributed by atoms with van der Waals surface area (Å²) < 4.78 is 43.2. The number of piperazine rings is 1. The van der Waals surface area contributed by atoms with Crippen molar-refractivity contribution in [2.75, 3.05) is 44.8 Å². The van der Waals surface area contributed by atoms with Crippen molar-refractivity contribution < 1.29 is 47.2 Å². The molecule has 3 rings (SSSR count). The number of hydrogen-bond acceptors (Lipinski definition) is 7. The number of ether oxygens (including phenoxy) is 2. The summed E-state index contributed by atoms with van der Waals surface area (Å²) in [6.45, 7) is 3.26. The van der Waals surface area contributed by atoms with E-state index in [4.69, 9.17) is 19.7 Å². The molecule has 1 aliphatic rings. The van der Waals surface area contributed by atoms with E-state index in [0.29, 0.717) is 17.1 Å². The summed E-state index contributed by atoms with van der Waals surface area (Å²) in [6.07, 6.45) is -3.12. The standard InChI is InChI=1S/C22H24N2O5.C3H3F3O2/c1-28-21-13-16(6-8-20(21)29-15-22(26)27)5-7-19(25)17-3-2-4-18(14-17)24-11-9-23-10-12-24;4-3(5,6)1-2(7)8/h2-8,13-14,23H,9-12,15H2,1H3,(H,26,27);1H2,(H,7,8)/b7-5+;. The van der Waals surface area contributed by atoms with E-state index < -0.39 is 31.1 Å². The Labute approximate surface area is 211 Å². The number of allylic oxidation sites excluding steroid dienone is 1. The van der Waals surface area contributed by atoms with E-state index in [9.17, 15) is 27.6 Å². The number of carboxylic acid groups (broad SMARTS) is 2. The summed E-state index contributed by atoms with van der Waals surface area (Å²) in [5, 5.41) is 19.6. The molecular weight excluding hydrogens is 497 g/mol. The van der Waals surface area contributed by atoms with E-state index in [1.54, 1.807) is 24.3 Å². The molecule has 2 aromatic rings. The number of methoxy groups -OCH3 is 1. The van der Waals surface area contributed by atoms with Gasteiger partial charge in [-0.2, -0.15) is 13.2 Å². The van der Waals surface area contributed by atoms with E-state index in [1.807, 2.05) is 24.3 Å². The van der Waals surface area contributed by atoms with E-state index in [-0.39, 0.29) is 5.78 Å². The zero-order valence-electron chi connectivity index (χ0n) is 20.0. The van der Waals surface area contributed by atoms with Crippen LogP contribution in [0.4, 0.5) is 18.9 Å². The number of carbonyl (C=O) groups excluding carboxylic acids is 1. The van der Waals surface area contributed by atoms with Crippen LogP contribution in [0.5, 0.6) is 11.5 Å². The second-order valence-corrected chi connectivity index (χ2v) is 7.76. The maximum atomic E-state index is 12.6. The number of aliphatic carboxylic acids is 2. The predicted molar refractivity (Wildman–Crippen MR) is 129 cm³/mol. The van der Waals surface area contributed by atoms with Crippen molar-refractivity contribution in [1.82, 2.24) is 5.32 Å². The van der Waals surface area contributed by atoms with Crippen LogP contribution in [0.3, 0.4) is 0 Å². The second-order valence-electron chi connectivity index (χ2n) is 7.76. The van der Waals surface area contributed by atoms with Gasteiger partial charge in [-0.1, -0.05) is 24.3 Å². The Bertz CT molecular complexity index is 1110. The van der Waals surface area contributed by atoms with Gasteiger partial charge in [-0.25, -0.2) is 4.79 Å². The van der Waals surface area contributed by atoms with Crippen molar-refractivity contribution in [3.63, 3.8) is 0 Å². The molecule has 0 amide bonds. The smallest absolute Gasteiger partial charge is 0.399 e. The van der Waals surface area contributed by atoms with Gasteiger partial charge in [0.05, 0.1) is 7.11 Å². The minimum absolute atomic E-state index is 0.0906. The fraction of sp³-hybridized carbons (Fsp3) is 0.320. The van der Waals surface area contributed by atoms with Crippen LogP contribution >= 0.6 is 0 Å². The first-order valence-corrected chi connectivity index (χ1v) is 11.1. The second kappa shape index (κ2) is 13.9. The Hall–Kier alpha value is -4.06. The van der Waals surface area contributed by atoms with E-state index in [2.05, 4.69) is 10.2 Å². The van der Waals surface area contributed by atoms with Gasteiger partial charge in [-0.05, 0) is 35.9 Å². The van der Waals surface area contributed by atoms with Crippen LogP contribution in [0.1, 0.15) is 22.3 Å². The number of benzene rings is 2. The van der Waals surface area contributed by atoms with Gasteiger partial charge in [0.1, 0.15) is 6.42 Å². The lowest BCUT2D eigenvalue weighted by atomic mass is 10.1. The van der Waals surface area contributed by atoms with Crippen LogP contribution in [-0.4, -0.2) is 74.0 Å². The molecule has 0 atom stereocenters. The number of hydrogen-bond donors (Lipinski definition) is 3. The highest BCUT2D eigenvalue weighted by Gasteiger charge is 2.30. The van der Waals surface area contributed by atoms with Gasteiger partial charge in [-0.15, -0.1) is 0 Å². The number of ketones is 1. The van der Waals surface area contributed by atoms with Crippen LogP contribution < -0.4 is 19.7 Å². The average molecular weight is 524 g/mol. The van der Waals surface area contributed by atoms with Crippen LogP contribution in [0, 0.1) is 0 Å². The molecule has 0 radical (unpaired) electrons. The van der Waals surface area contributed by atoms with Gasteiger partial charge in [0.25, 0.3) is 0 Å². The number of carbonyl (C=O) groups is 3. The van der Waals surface area contributed by atoms with Gasteiger partial charge in [0, 0.05) is 37.4 Å². The first-order valence-electron chi connectivity index (χ1n) is 11.1. The highest BCUT2D eigenvalue weighted by Crippen LogP contribution is 2.28. The molecule has 0 saturated carbocycles. The third-order valence-electron chi connectivity index (χ3n) is 4.93. The van der Waals surface area contributed by atoms with Crippen LogP contribution in [-0.2, 0) is 9.59 Å². The highest BCUT2D eigenvalue weighted by atomic mass is 19.4. The molecule has 0 unspecified atom stereocenters. The lowest BCUT2D eigenvalue weighted by Gasteiger charge is -2.29. The Kier molecular flexibility index (Phi) is 10.9. The monoisotopic (exact) mass is 524 g/mol. The van der Waals surface area contributed by atoms with Crippen LogP contribution in [0.15, 0.2) is 48.5 Å². The Balaban J connectivity index is 0.000000521.